The zero-order valence-corrected chi connectivity index (χ0v) is 18.6. The van der Waals surface area contributed by atoms with Gasteiger partial charge in [0, 0.05) is 12.7 Å². The molecule has 0 aliphatic carbocycles. The molecule has 1 amide bonds. The third-order valence-electron chi connectivity index (χ3n) is 4.70. The molecule has 1 N–H and O–H groups in total. The molecule has 2 aromatic carbocycles. The number of aryl methyl sites for hydroxylation is 3. The van der Waals surface area contributed by atoms with Crippen molar-refractivity contribution in [2.24, 2.45) is 0 Å². The van der Waals surface area contributed by atoms with Crippen LogP contribution in [0.5, 0.6) is 5.75 Å². The number of carbonyl (C=O) groups is 1. The smallest absolute Gasteiger partial charge is 0.260 e. The molecule has 0 spiro atoms. The first-order chi connectivity index (χ1) is 13.9. The summed E-state index contributed by atoms with van der Waals surface area (Å²) < 4.78 is 8.53. The van der Waals surface area contributed by atoms with E-state index in [1.165, 1.54) is 5.56 Å². The van der Waals surface area contributed by atoms with Crippen LogP contribution in [0.25, 0.3) is 5.69 Å². The Bertz CT molecular complexity index is 970. The van der Waals surface area contributed by atoms with E-state index in [0.29, 0.717) is 12.3 Å². The first-order valence-corrected chi connectivity index (χ1v) is 10.5. The number of benzene rings is 2. The highest BCUT2D eigenvalue weighted by Gasteiger charge is 2.15. The molecule has 0 saturated carbocycles. The van der Waals surface area contributed by atoms with Gasteiger partial charge in [-0.05, 0) is 84.9 Å². The lowest BCUT2D eigenvalue weighted by atomic mass is 10.1. The van der Waals surface area contributed by atoms with Crippen LogP contribution in [0.3, 0.4) is 0 Å². The van der Waals surface area contributed by atoms with Crippen molar-refractivity contribution in [1.82, 2.24) is 15.1 Å². The number of ether oxygens (including phenoxy) is 1. The van der Waals surface area contributed by atoms with Gasteiger partial charge in [-0.3, -0.25) is 4.79 Å². The summed E-state index contributed by atoms with van der Waals surface area (Å²) in [7, 11) is 0. The Hall–Kier alpha value is -2.60. The highest BCUT2D eigenvalue weighted by atomic mass is 79.9. The van der Waals surface area contributed by atoms with E-state index in [2.05, 4.69) is 32.5 Å². The fourth-order valence-corrected chi connectivity index (χ4v) is 3.62. The summed E-state index contributed by atoms with van der Waals surface area (Å²) in [4.78, 5) is 12.3. The Kier molecular flexibility index (Phi) is 7.09. The summed E-state index contributed by atoms with van der Waals surface area (Å²) in [6.45, 7) is 6.38. The predicted octanol–water partition coefficient (Wildman–Crippen LogP) is 4.77. The molecule has 3 aromatic rings. The van der Waals surface area contributed by atoms with Gasteiger partial charge in [0.25, 0.3) is 5.91 Å². The van der Waals surface area contributed by atoms with Crippen LogP contribution in [0.15, 0.2) is 59.2 Å². The summed E-state index contributed by atoms with van der Waals surface area (Å²) >= 11 is 3.48. The monoisotopic (exact) mass is 455 g/mol. The van der Waals surface area contributed by atoms with Crippen LogP contribution in [-0.4, -0.2) is 28.3 Å². The minimum absolute atomic E-state index is 0.117. The van der Waals surface area contributed by atoms with Crippen molar-refractivity contribution in [3.8, 4) is 11.4 Å². The molecule has 1 unspecified atom stereocenters. The Morgan fingerprint density at radius 3 is 2.69 bits per heavy atom. The van der Waals surface area contributed by atoms with Crippen molar-refractivity contribution in [2.45, 2.75) is 39.7 Å². The molecule has 1 atom stereocenters. The van der Waals surface area contributed by atoms with Gasteiger partial charge in [-0.25, -0.2) is 4.68 Å². The summed E-state index contributed by atoms with van der Waals surface area (Å²) in [5.74, 6) is 0.552. The molecule has 1 aromatic heterocycles. The fraction of sp³-hybridized carbons (Fsp3) is 0.304. The van der Waals surface area contributed by atoms with Crippen molar-refractivity contribution in [3.63, 3.8) is 0 Å². The van der Waals surface area contributed by atoms with Crippen LogP contribution in [0.1, 0.15) is 30.2 Å². The van der Waals surface area contributed by atoms with Gasteiger partial charge in [-0.15, -0.1) is 0 Å². The number of rotatable bonds is 8. The Balaban J connectivity index is 1.46. The van der Waals surface area contributed by atoms with Crippen LogP contribution < -0.4 is 10.1 Å². The standard InChI is InChI=1S/C23H26BrN3O2/c1-16-11-12-22(21(24)14-16)29-18(3)23(28)25-13-7-8-19-15-27(26-17(19)2)20-9-5-4-6-10-20/h4-6,9-12,14-15,18H,7-8,13H2,1-3H3,(H,25,28). The number of nitrogens with one attached hydrogen (secondary N) is 1. The maximum atomic E-state index is 12.3. The van der Waals surface area contributed by atoms with Gasteiger partial charge in [0.1, 0.15) is 5.75 Å². The van der Waals surface area contributed by atoms with Crippen LogP contribution in [0.2, 0.25) is 0 Å². The average molecular weight is 456 g/mol. The molecular formula is C23H26BrN3O2. The number of halogens is 1. The minimum Gasteiger partial charge on any atom is -0.480 e. The maximum absolute atomic E-state index is 12.3. The van der Waals surface area contributed by atoms with E-state index in [4.69, 9.17) is 4.74 Å². The lowest BCUT2D eigenvalue weighted by molar-refractivity contribution is -0.127. The molecular weight excluding hydrogens is 430 g/mol. The van der Waals surface area contributed by atoms with E-state index in [0.717, 1.165) is 34.3 Å². The summed E-state index contributed by atoms with van der Waals surface area (Å²) in [5.41, 5.74) is 4.38. The van der Waals surface area contributed by atoms with Crippen LogP contribution >= 0.6 is 15.9 Å². The number of aromatic nitrogens is 2. The highest BCUT2D eigenvalue weighted by Crippen LogP contribution is 2.26. The van der Waals surface area contributed by atoms with Crippen molar-refractivity contribution < 1.29 is 9.53 Å². The molecule has 0 radical (unpaired) electrons. The zero-order chi connectivity index (χ0) is 20.8. The summed E-state index contributed by atoms with van der Waals surface area (Å²) in [6, 6.07) is 15.9. The van der Waals surface area contributed by atoms with Crippen molar-refractivity contribution in [3.05, 3.63) is 76.0 Å². The minimum atomic E-state index is -0.559. The van der Waals surface area contributed by atoms with Crippen LogP contribution in [-0.2, 0) is 11.2 Å². The van der Waals surface area contributed by atoms with E-state index >= 15 is 0 Å². The number of hydrogen-bond acceptors (Lipinski definition) is 3. The topological polar surface area (TPSA) is 56.1 Å². The van der Waals surface area contributed by atoms with Gasteiger partial charge in [0.15, 0.2) is 6.10 Å². The van der Waals surface area contributed by atoms with Crippen molar-refractivity contribution in [1.29, 1.82) is 0 Å². The SMILES string of the molecule is Cc1ccc(OC(C)C(=O)NCCCc2cn(-c3ccccc3)nc2C)c(Br)c1. The third kappa shape index (κ3) is 5.70. The van der Waals surface area contributed by atoms with Crippen LogP contribution in [0.4, 0.5) is 0 Å². The number of nitrogens with zero attached hydrogens (tertiary/aromatic N) is 2. The molecule has 0 aliphatic heterocycles. The normalized spacial score (nSPS) is 11.9. The Labute approximate surface area is 180 Å². The molecule has 0 bridgehead atoms. The van der Waals surface area contributed by atoms with Gasteiger partial charge in [0.05, 0.1) is 15.9 Å². The molecule has 1 heterocycles. The average Bonchev–Trinajstić information content (AvgIpc) is 3.08. The molecule has 0 saturated heterocycles. The number of hydrogen-bond donors (Lipinski definition) is 1. The van der Waals surface area contributed by atoms with E-state index in [9.17, 15) is 4.79 Å². The highest BCUT2D eigenvalue weighted by molar-refractivity contribution is 9.10. The molecule has 0 aliphatic rings. The summed E-state index contributed by atoms with van der Waals surface area (Å²) in [5, 5.41) is 7.54. The maximum Gasteiger partial charge on any atom is 0.260 e. The first-order valence-electron chi connectivity index (χ1n) is 9.75. The van der Waals surface area contributed by atoms with Crippen molar-refractivity contribution >= 4 is 21.8 Å². The molecule has 152 valence electrons. The molecule has 6 heteroatoms. The van der Waals surface area contributed by atoms with Gasteiger partial charge in [-0.2, -0.15) is 5.10 Å². The van der Waals surface area contributed by atoms with E-state index in [1.807, 2.05) is 67.1 Å². The summed E-state index contributed by atoms with van der Waals surface area (Å²) in [6.07, 6.45) is 3.20. The van der Waals surface area contributed by atoms with Gasteiger partial charge in [0.2, 0.25) is 0 Å². The number of carbonyl (C=O) groups excluding carboxylic acids is 1. The quantitative estimate of drug-likeness (QED) is 0.497. The second-order valence-corrected chi connectivity index (χ2v) is 7.96. The fourth-order valence-electron chi connectivity index (χ4n) is 3.03. The lowest BCUT2D eigenvalue weighted by Gasteiger charge is -2.16. The van der Waals surface area contributed by atoms with E-state index < -0.39 is 6.10 Å². The predicted molar refractivity (Wildman–Crippen MR) is 119 cm³/mol. The second-order valence-electron chi connectivity index (χ2n) is 7.11. The molecule has 5 nitrogen and oxygen atoms in total. The van der Waals surface area contributed by atoms with Gasteiger partial charge in [-0.1, -0.05) is 24.3 Å². The number of para-hydroxylation sites is 1. The zero-order valence-electron chi connectivity index (χ0n) is 17.0. The molecule has 29 heavy (non-hydrogen) atoms. The van der Waals surface area contributed by atoms with Crippen LogP contribution in [0, 0.1) is 13.8 Å². The third-order valence-corrected chi connectivity index (χ3v) is 5.32. The second kappa shape index (κ2) is 9.74. The molecule has 0 fully saturated rings. The lowest BCUT2D eigenvalue weighted by Crippen LogP contribution is -2.37. The molecule has 3 rings (SSSR count). The van der Waals surface area contributed by atoms with Gasteiger partial charge >= 0.3 is 0 Å². The largest absolute Gasteiger partial charge is 0.480 e. The van der Waals surface area contributed by atoms with Crippen molar-refractivity contribution in [2.75, 3.05) is 6.54 Å². The van der Waals surface area contributed by atoms with E-state index in [-0.39, 0.29) is 5.91 Å². The number of amides is 1. The van der Waals surface area contributed by atoms with Gasteiger partial charge < -0.3 is 10.1 Å². The Morgan fingerprint density at radius 1 is 1.21 bits per heavy atom. The first kappa shape index (κ1) is 21.1. The Morgan fingerprint density at radius 2 is 1.97 bits per heavy atom. The van der Waals surface area contributed by atoms with E-state index in [1.54, 1.807) is 6.92 Å².